The molecule has 0 aromatic heterocycles. The highest BCUT2D eigenvalue weighted by Crippen LogP contribution is 2.60. The number of amides is 3. The molecule has 1 fully saturated rings. The second kappa shape index (κ2) is 11.1. The van der Waals surface area contributed by atoms with Gasteiger partial charge in [0, 0.05) is 35.5 Å². The topological polar surface area (TPSA) is 92.8 Å². The Kier molecular flexibility index (Phi) is 7.39. The van der Waals surface area contributed by atoms with E-state index in [1.165, 1.54) is 4.90 Å². The number of esters is 1. The number of hydrogen-bond acceptors (Lipinski definition) is 5. The monoisotopic (exact) mass is 570 g/mol. The zero-order valence-electron chi connectivity index (χ0n) is 22.8. The van der Waals surface area contributed by atoms with Crippen LogP contribution in [0.5, 0.6) is 0 Å². The normalized spacial score (nSPS) is 21.8. The molecule has 8 heteroatoms. The molecule has 0 spiro atoms. The van der Waals surface area contributed by atoms with Crippen molar-refractivity contribution in [1.29, 1.82) is 0 Å². The summed E-state index contributed by atoms with van der Waals surface area (Å²) in [7, 11) is 0. The fourth-order valence-electron chi connectivity index (χ4n) is 6.82. The lowest BCUT2D eigenvalue weighted by Gasteiger charge is -2.45. The number of hydrogen-bond donors (Lipinski definition) is 1. The SMILES string of the molecule is Cc1c(Cl)cccc1NC(=O)COC(=O)CCCCCN1C(=O)[C@@H]2C3c4ccccc4C(c4ccccc43)[C@H]2C1=O. The number of halogens is 1. The molecule has 1 aliphatic heterocycles. The molecule has 3 aromatic rings. The van der Waals surface area contributed by atoms with E-state index in [0.717, 1.165) is 27.8 Å². The van der Waals surface area contributed by atoms with Gasteiger partial charge in [0.15, 0.2) is 6.61 Å². The second-order valence-electron chi connectivity index (χ2n) is 11.0. The predicted molar refractivity (Wildman–Crippen MR) is 155 cm³/mol. The molecule has 7 rings (SSSR count). The first kappa shape index (κ1) is 27.2. The Morgan fingerprint density at radius 3 is 1.93 bits per heavy atom. The van der Waals surface area contributed by atoms with Gasteiger partial charge in [-0.15, -0.1) is 0 Å². The van der Waals surface area contributed by atoms with Crippen molar-refractivity contribution in [3.05, 3.63) is 99.6 Å². The van der Waals surface area contributed by atoms with Crippen molar-refractivity contribution < 1.29 is 23.9 Å². The van der Waals surface area contributed by atoms with Gasteiger partial charge in [-0.05, 0) is 59.7 Å². The van der Waals surface area contributed by atoms with E-state index in [-0.39, 0.29) is 48.5 Å². The summed E-state index contributed by atoms with van der Waals surface area (Å²) < 4.78 is 5.11. The lowest BCUT2D eigenvalue weighted by Crippen LogP contribution is -2.41. The lowest BCUT2D eigenvalue weighted by molar-refractivity contribution is -0.147. The van der Waals surface area contributed by atoms with Crippen LogP contribution in [0.25, 0.3) is 0 Å². The molecule has 0 radical (unpaired) electrons. The van der Waals surface area contributed by atoms with Crippen LogP contribution in [0.15, 0.2) is 66.7 Å². The highest BCUT2D eigenvalue weighted by molar-refractivity contribution is 6.31. The standard InChI is InChI=1S/C33H31ClN2O5/c1-19-24(34)14-9-15-25(19)35-26(37)18-41-27(38)16-3-2-8-17-36-32(39)30-28-20-10-4-5-11-21(20)29(31(30)33(36)40)23-13-7-6-12-22(23)28/h4-7,9-15,28-31H,2-3,8,16-18H2,1H3,(H,35,37)/t28?,29?,30-,31-/m1/s1. The Morgan fingerprint density at radius 1 is 0.805 bits per heavy atom. The van der Waals surface area contributed by atoms with Crippen molar-refractivity contribution in [3.63, 3.8) is 0 Å². The summed E-state index contributed by atoms with van der Waals surface area (Å²) in [5.41, 5.74) is 5.96. The van der Waals surface area contributed by atoms with E-state index in [0.29, 0.717) is 36.5 Å². The van der Waals surface area contributed by atoms with E-state index in [1.807, 2.05) is 24.3 Å². The molecule has 2 bridgehead atoms. The fraction of sp³-hybridized carbons (Fsp3) is 0.333. The quantitative estimate of drug-likeness (QED) is 0.206. The first-order chi connectivity index (χ1) is 19.9. The predicted octanol–water partition coefficient (Wildman–Crippen LogP) is 5.58. The van der Waals surface area contributed by atoms with Gasteiger partial charge >= 0.3 is 5.97 Å². The van der Waals surface area contributed by atoms with Crippen molar-refractivity contribution in [3.8, 4) is 0 Å². The van der Waals surface area contributed by atoms with Gasteiger partial charge < -0.3 is 10.1 Å². The summed E-state index contributed by atoms with van der Waals surface area (Å²) in [6.07, 6.45) is 1.96. The number of unbranched alkanes of at least 4 members (excludes halogenated alkanes) is 2. The number of nitrogens with zero attached hydrogens (tertiary/aromatic N) is 1. The first-order valence-corrected chi connectivity index (χ1v) is 14.5. The first-order valence-electron chi connectivity index (χ1n) is 14.1. The van der Waals surface area contributed by atoms with Crippen molar-refractivity contribution >= 4 is 41.0 Å². The van der Waals surface area contributed by atoms with Crippen molar-refractivity contribution in [1.82, 2.24) is 4.90 Å². The highest BCUT2D eigenvalue weighted by atomic mass is 35.5. The van der Waals surface area contributed by atoms with E-state index in [1.54, 1.807) is 25.1 Å². The molecule has 7 nitrogen and oxygen atoms in total. The Hall–Kier alpha value is -3.97. The van der Waals surface area contributed by atoms with E-state index in [9.17, 15) is 19.2 Å². The zero-order valence-corrected chi connectivity index (χ0v) is 23.5. The molecule has 4 aliphatic rings. The van der Waals surface area contributed by atoms with Crippen molar-refractivity contribution in [2.45, 2.75) is 44.4 Å². The van der Waals surface area contributed by atoms with Crippen LogP contribution < -0.4 is 5.32 Å². The van der Waals surface area contributed by atoms with E-state index >= 15 is 0 Å². The Labute approximate surface area is 243 Å². The third-order valence-corrected chi connectivity index (χ3v) is 9.12. The number of imide groups is 1. The maximum Gasteiger partial charge on any atom is 0.306 e. The number of likely N-dealkylation sites (tertiary alicyclic amines) is 1. The van der Waals surface area contributed by atoms with Crippen LogP contribution in [-0.4, -0.2) is 41.7 Å². The number of carbonyl (C=O) groups excluding carboxylic acids is 4. The van der Waals surface area contributed by atoms with E-state index < -0.39 is 11.9 Å². The van der Waals surface area contributed by atoms with Crippen LogP contribution in [0, 0.1) is 18.8 Å². The Bertz CT molecular complexity index is 1440. The van der Waals surface area contributed by atoms with Gasteiger partial charge in [-0.25, -0.2) is 0 Å². The third-order valence-electron chi connectivity index (χ3n) is 8.71. The second-order valence-corrected chi connectivity index (χ2v) is 11.4. The van der Waals surface area contributed by atoms with Crippen LogP contribution in [0.3, 0.4) is 0 Å². The molecule has 3 aromatic carbocycles. The summed E-state index contributed by atoms with van der Waals surface area (Å²) in [6, 6.07) is 21.6. The van der Waals surface area contributed by atoms with Crippen LogP contribution in [0.1, 0.15) is 65.3 Å². The van der Waals surface area contributed by atoms with Crippen LogP contribution in [-0.2, 0) is 23.9 Å². The number of benzene rings is 3. The van der Waals surface area contributed by atoms with Gasteiger partial charge in [0.1, 0.15) is 0 Å². The summed E-state index contributed by atoms with van der Waals surface area (Å²) in [6.45, 7) is 1.76. The lowest BCUT2D eigenvalue weighted by atomic mass is 9.55. The number of ether oxygens (including phenoxy) is 1. The number of carbonyl (C=O) groups is 4. The van der Waals surface area contributed by atoms with Gasteiger partial charge in [-0.3, -0.25) is 24.1 Å². The average molecular weight is 571 g/mol. The fourth-order valence-corrected chi connectivity index (χ4v) is 7.00. The number of rotatable bonds is 9. The summed E-state index contributed by atoms with van der Waals surface area (Å²) in [5.74, 6) is -2.01. The minimum Gasteiger partial charge on any atom is -0.456 e. The molecular weight excluding hydrogens is 540 g/mol. The number of nitrogens with one attached hydrogen (secondary N) is 1. The van der Waals surface area contributed by atoms with Crippen molar-refractivity contribution in [2.75, 3.05) is 18.5 Å². The molecule has 1 N–H and O–H groups in total. The molecule has 210 valence electrons. The van der Waals surface area contributed by atoms with Gasteiger partial charge in [0.25, 0.3) is 5.91 Å². The summed E-state index contributed by atoms with van der Waals surface area (Å²) in [5, 5.41) is 3.24. The highest BCUT2D eigenvalue weighted by Gasteiger charge is 2.61. The summed E-state index contributed by atoms with van der Waals surface area (Å²) in [4.78, 5) is 53.1. The molecule has 41 heavy (non-hydrogen) atoms. The largest absolute Gasteiger partial charge is 0.456 e. The zero-order chi connectivity index (χ0) is 28.7. The molecule has 3 amide bonds. The summed E-state index contributed by atoms with van der Waals surface area (Å²) >= 11 is 6.07. The maximum absolute atomic E-state index is 13.6. The van der Waals surface area contributed by atoms with Gasteiger partial charge in [-0.2, -0.15) is 0 Å². The Balaban J connectivity index is 0.999. The molecule has 1 heterocycles. The van der Waals surface area contributed by atoms with Crippen molar-refractivity contribution in [2.24, 2.45) is 11.8 Å². The van der Waals surface area contributed by atoms with Gasteiger partial charge in [0.05, 0.1) is 11.8 Å². The Morgan fingerprint density at radius 2 is 1.37 bits per heavy atom. The van der Waals surface area contributed by atoms with Crippen LogP contribution >= 0.6 is 11.6 Å². The minimum absolute atomic E-state index is 0.0839. The molecule has 0 unspecified atom stereocenters. The maximum atomic E-state index is 13.6. The van der Waals surface area contributed by atoms with Crippen LogP contribution in [0.4, 0.5) is 5.69 Å². The molecule has 0 saturated carbocycles. The van der Waals surface area contributed by atoms with Gasteiger partial charge in [0.2, 0.25) is 11.8 Å². The van der Waals surface area contributed by atoms with E-state index in [4.69, 9.17) is 16.3 Å². The molecular formula is C33H31ClN2O5. The minimum atomic E-state index is -0.464. The molecule has 2 atom stereocenters. The molecule has 1 saturated heterocycles. The average Bonchev–Trinajstić information content (AvgIpc) is 3.23. The number of anilines is 1. The smallest absolute Gasteiger partial charge is 0.306 e. The third kappa shape index (κ3) is 4.82. The van der Waals surface area contributed by atoms with Crippen LogP contribution in [0.2, 0.25) is 5.02 Å². The van der Waals surface area contributed by atoms with E-state index in [2.05, 4.69) is 29.6 Å². The van der Waals surface area contributed by atoms with Gasteiger partial charge in [-0.1, -0.05) is 72.6 Å². The molecule has 3 aliphatic carbocycles.